The number of hydrogen-bond donors (Lipinski definition) is 1. The van der Waals surface area contributed by atoms with Crippen molar-refractivity contribution >= 4 is 38.6 Å². The zero-order chi connectivity index (χ0) is 11.7. The molecular formula is C11H9BrN2O2. The van der Waals surface area contributed by atoms with E-state index < -0.39 is 6.09 Å². The minimum Gasteiger partial charge on any atom is -0.465 e. The second-order valence-corrected chi connectivity index (χ2v) is 4.29. The van der Waals surface area contributed by atoms with Crippen molar-refractivity contribution in [3.8, 4) is 0 Å². The summed E-state index contributed by atoms with van der Waals surface area (Å²) in [7, 11) is 1.47. The Balaban J connectivity index is 2.54. The molecule has 0 aliphatic heterocycles. The smallest absolute Gasteiger partial charge is 0.412 e. The maximum atomic E-state index is 10.8. The van der Waals surface area contributed by atoms with Crippen molar-refractivity contribution in [3.63, 3.8) is 0 Å². The number of carbonyl (C=O) groups is 1. The number of carboxylic acid groups (broad SMARTS) is 1. The molecular weight excluding hydrogens is 272 g/mol. The van der Waals surface area contributed by atoms with Crippen molar-refractivity contribution < 1.29 is 9.90 Å². The zero-order valence-electron chi connectivity index (χ0n) is 8.51. The third kappa shape index (κ3) is 1.99. The van der Waals surface area contributed by atoms with Gasteiger partial charge in [-0.15, -0.1) is 0 Å². The molecule has 1 amide bonds. The first kappa shape index (κ1) is 10.9. The Bertz CT molecular complexity index is 557. The molecule has 2 rings (SSSR count). The second kappa shape index (κ2) is 4.09. The number of anilines is 1. The number of aromatic nitrogens is 1. The van der Waals surface area contributed by atoms with Crippen molar-refractivity contribution in [2.45, 2.75) is 0 Å². The third-order valence-electron chi connectivity index (χ3n) is 2.30. The van der Waals surface area contributed by atoms with Crippen molar-refractivity contribution in [1.82, 2.24) is 4.98 Å². The van der Waals surface area contributed by atoms with Crippen molar-refractivity contribution in [2.75, 3.05) is 11.9 Å². The van der Waals surface area contributed by atoms with E-state index in [1.807, 2.05) is 18.2 Å². The summed E-state index contributed by atoms with van der Waals surface area (Å²) in [5.74, 6) is 0.415. The van der Waals surface area contributed by atoms with Crippen LogP contribution in [0.4, 0.5) is 10.6 Å². The van der Waals surface area contributed by atoms with Gasteiger partial charge in [0.15, 0.2) is 0 Å². The summed E-state index contributed by atoms with van der Waals surface area (Å²) in [5.41, 5.74) is 0. The first-order valence-corrected chi connectivity index (χ1v) is 5.39. The second-order valence-electron chi connectivity index (χ2n) is 3.38. The molecule has 0 bridgehead atoms. The van der Waals surface area contributed by atoms with Gasteiger partial charge in [0.2, 0.25) is 0 Å². The maximum absolute atomic E-state index is 10.8. The first-order chi connectivity index (χ1) is 7.58. The van der Waals surface area contributed by atoms with E-state index in [-0.39, 0.29) is 0 Å². The highest BCUT2D eigenvalue weighted by Crippen LogP contribution is 2.22. The van der Waals surface area contributed by atoms with Gasteiger partial charge in [0.25, 0.3) is 0 Å². The number of nitrogens with zero attached hydrogens (tertiary/aromatic N) is 2. The van der Waals surface area contributed by atoms with Gasteiger partial charge in [0.1, 0.15) is 5.82 Å². The molecule has 1 N–H and O–H groups in total. The van der Waals surface area contributed by atoms with Crippen LogP contribution in [0.2, 0.25) is 0 Å². The molecule has 82 valence electrons. The third-order valence-corrected chi connectivity index (χ3v) is 2.79. The van der Waals surface area contributed by atoms with Crippen LogP contribution in [0.3, 0.4) is 0 Å². The molecule has 0 aliphatic rings. The van der Waals surface area contributed by atoms with Crippen LogP contribution in [-0.2, 0) is 0 Å². The Morgan fingerprint density at radius 3 is 2.81 bits per heavy atom. The van der Waals surface area contributed by atoms with Crippen LogP contribution in [-0.4, -0.2) is 23.2 Å². The fourth-order valence-electron chi connectivity index (χ4n) is 1.38. The van der Waals surface area contributed by atoms with Crippen molar-refractivity contribution in [1.29, 1.82) is 0 Å². The predicted octanol–water partition coefficient (Wildman–Crippen LogP) is 3.11. The number of benzene rings is 1. The molecule has 0 saturated carbocycles. The summed E-state index contributed by atoms with van der Waals surface area (Å²) >= 11 is 3.37. The number of amides is 1. The number of hydrogen-bond acceptors (Lipinski definition) is 2. The fourth-order valence-corrected chi connectivity index (χ4v) is 1.76. The maximum Gasteiger partial charge on any atom is 0.412 e. The Morgan fingerprint density at radius 1 is 1.38 bits per heavy atom. The molecule has 1 aromatic carbocycles. The Kier molecular flexibility index (Phi) is 2.78. The van der Waals surface area contributed by atoms with E-state index >= 15 is 0 Å². The van der Waals surface area contributed by atoms with Gasteiger partial charge in [0.05, 0.1) is 0 Å². The van der Waals surface area contributed by atoms with Gasteiger partial charge in [-0.2, -0.15) is 0 Å². The Morgan fingerprint density at radius 2 is 2.12 bits per heavy atom. The zero-order valence-corrected chi connectivity index (χ0v) is 10.1. The summed E-state index contributed by atoms with van der Waals surface area (Å²) in [6.07, 6.45) is 0.637. The molecule has 0 unspecified atom stereocenters. The van der Waals surface area contributed by atoms with Crippen LogP contribution in [0.5, 0.6) is 0 Å². The Labute approximate surface area is 101 Å². The van der Waals surface area contributed by atoms with Gasteiger partial charge in [-0.3, -0.25) is 4.90 Å². The van der Waals surface area contributed by atoms with Gasteiger partial charge >= 0.3 is 6.09 Å². The molecule has 5 heteroatoms. The largest absolute Gasteiger partial charge is 0.465 e. The Hall–Kier alpha value is -1.62. The van der Waals surface area contributed by atoms with E-state index in [0.717, 1.165) is 20.1 Å². The molecule has 2 aromatic rings. The van der Waals surface area contributed by atoms with E-state index in [0.29, 0.717) is 5.82 Å². The molecule has 0 aliphatic carbocycles. The average molecular weight is 281 g/mol. The number of halogens is 1. The lowest BCUT2D eigenvalue weighted by molar-refractivity contribution is 0.203. The standard InChI is InChI=1S/C11H9BrN2O2/c1-14(11(15)16)10-5-8-4-9(12)3-2-7(8)6-13-10/h2-6H,1H3,(H,15,16). The average Bonchev–Trinajstić information content (AvgIpc) is 2.26. The van der Waals surface area contributed by atoms with Gasteiger partial charge in [0, 0.05) is 23.1 Å². The molecule has 0 radical (unpaired) electrons. The molecule has 0 saturated heterocycles. The van der Waals surface area contributed by atoms with Gasteiger partial charge in [-0.1, -0.05) is 22.0 Å². The summed E-state index contributed by atoms with van der Waals surface area (Å²) < 4.78 is 0.954. The normalized spacial score (nSPS) is 10.4. The molecule has 1 heterocycles. The predicted molar refractivity (Wildman–Crippen MR) is 65.9 cm³/mol. The first-order valence-electron chi connectivity index (χ1n) is 4.60. The summed E-state index contributed by atoms with van der Waals surface area (Å²) in [6, 6.07) is 7.52. The van der Waals surface area contributed by atoms with Crippen LogP contribution >= 0.6 is 15.9 Å². The van der Waals surface area contributed by atoms with Crippen LogP contribution in [0.15, 0.2) is 34.9 Å². The minimum atomic E-state index is -1.03. The van der Waals surface area contributed by atoms with Gasteiger partial charge in [-0.25, -0.2) is 9.78 Å². The quantitative estimate of drug-likeness (QED) is 0.873. The molecule has 0 spiro atoms. The molecule has 16 heavy (non-hydrogen) atoms. The van der Waals surface area contributed by atoms with Gasteiger partial charge < -0.3 is 5.11 Å². The highest BCUT2D eigenvalue weighted by molar-refractivity contribution is 9.10. The molecule has 0 atom stereocenters. The van der Waals surface area contributed by atoms with E-state index in [4.69, 9.17) is 5.11 Å². The monoisotopic (exact) mass is 280 g/mol. The topological polar surface area (TPSA) is 53.4 Å². The van der Waals surface area contributed by atoms with Crippen LogP contribution in [0.25, 0.3) is 10.8 Å². The molecule has 4 nitrogen and oxygen atoms in total. The molecule has 0 fully saturated rings. The lowest BCUT2D eigenvalue weighted by Gasteiger charge is -2.12. The van der Waals surface area contributed by atoms with E-state index in [1.54, 1.807) is 12.3 Å². The number of pyridine rings is 1. The van der Waals surface area contributed by atoms with Crippen LogP contribution in [0.1, 0.15) is 0 Å². The van der Waals surface area contributed by atoms with Crippen LogP contribution < -0.4 is 4.90 Å². The van der Waals surface area contributed by atoms with E-state index in [2.05, 4.69) is 20.9 Å². The van der Waals surface area contributed by atoms with Crippen LogP contribution in [0, 0.1) is 0 Å². The van der Waals surface area contributed by atoms with Crippen molar-refractivity contribution in [2.24, 2.45) is 0 Å². The summed E-state index contributed by atoms with van der Waals surface area (Å²) in [6.45, 7) is 0. The minimum absolute atomic E-state index is 0.415. The SMILES string of the molecule is CN(C(=O)O)c1cc2cc(Br)ccc2cn1. The van der Waals surface area contributed by atoms with Gasteiger partial charge in [-0.05, 0) is 23.6 Å². The fraction of sp³-hybridized carbons (Fsp3) is 0.0909. The van der Waals surface area contributed by atoms with E-state index in [1.165, 1.54) is 7.05 Å². The highest BCUT2D eigenvalue weighted by atomic mass is 79.9. The lowest BCUT2D eigenvalue weighted by Crippen LogP contribution is -2.24. The highest BCUT2D eigenvalue weighted by Gasteiger charge is 2.09. The lowest BCUT2D eigenvalue weighted by atomic mass is 10.2. The van der Waals surface area contributed by atoms with Crippen molar-refractivity contribution in [3.05, 3.63) is 34.9 Å². The summed E-state index contributed by atoms with van der Waals surface area (Å²) in [4.78, 5) is 16.0. The number of rotatable bonds is 1. The number of fused-ring (bicyclic) bond motifs is 1. The summed E-state index contributed by atoms with van der Waals surface area (Å²) in [5, 5.41) is 10.8. The molecule has 1 aromatic heterocycles. The van der Waals surface area contributed by atoms with E-state index in [9.17, 15) is 4.79 Å².